The summed E-state index contributed by atoms with van der Waals surface area (Å²) in [7, 11) is 0. The second-order valence-corrected chi connectivity index (χ2v) is 7.78. The smallest absolute Gasteiger partial charge is 0.418 e. The molecule has 0 spiro atoms. The Labute approximate surface area is 185 Å². The molecule has 0 saturated carbocycles. The molecule has 1 aliphatic heterocycles. The first kappa shape index (κ1) is 20.5. The average Bonchev–Trinajstić information content (AvgIpc) is 2.79. The highest BCUT2D eigenvalue weighted by molar-refractivity contribution is 6.33. The van der Waals surface area contributed by atoms with Crippen LogP contribution in [0.25, 0.3) is 22.1 Å². The molecule has 8 heteroatoms. The van der Waals surface area contributed by atoms with E-state index >= 15 is 0 Å². The topological polar surface area (TPSA) is 42.7 Å². The first-order valence-electron chi connectivity index (χ1n) is 9.71. The lowest BCUT2D eigenvalue weighted by atomic mass is 9.99. The Kier molecular flexibility index (Phi) is 4.86. The highest BCUT2D eigenvalue weighted by atomic mass is 35.5. The summed E-state index contributed by atoms with van der Waals surface area (Å²) in [5.41, 5.74) is 0.696. The standard InChI is InChI=1S/C24H15ClF3NO3/c25-19-10-16-15(14-6-2-1-3-7-14)11-21(30)32-22(16)17-12-29(13-31-23(17)19)20-9-5-4-8-18(20)24(26,27)28/h1-11H,12-13H2. The summed E-state index contributed by atoms with van der Waals surface area (Å²) >= 11 is 6.47. The Morgan fingerprint density at radius 2 is 1.69 bits per heavy atom. The van der Waals surface area contributed by atoms with E-state index in [2.05, 4.69) is 0 Å². The van der Waals surface area contributed by atoms with Crippen LogP contribution in [0.1, 0.15) is 11.1 Å². The van der Waals surface area contributed by atoms with Crippen molar-refractivity contribution in [3.8, 4) is 16.9 Å². The fraction of sp³-hybridized carbons (Fsp3) is 0.125. The van der Waals surface area contributed by atoms with Crippen LogP contribution in [-0.2, 0) is 12.7 Å². The molecule has 0 fully saturated rings. The second-order valence-electron chi connectivity index (χ2n) is 7.37. The molecule has 0 N–H and O–H groups in total. The van der Waals surface area contributed by atoms with E-state index in [1.165, 1.54) is 29.2 Å². The summed E-state index contributed by atoms with van der Waals surface area (Å²) in [4.78, 5) is 13.8. The Balaban J connectivity index is 1.70. The van der Waals surface area contributed by atoms with Crippen molar-refractivity contribution >= 4 is 28.3 Å². The van der Waals surface area contributed by atoms with Gasteiger partial charge in [-0.3, -0.25) is 0 Å². The number of hydrogen-bond donors (Lipinski definition) is 0. The number of alkyl halides is 3. The number of ether oxygens (including phenoxy) is 1. The highest BCUT2D eigenvalue weighted by Gasteiger charge is 2.36. The molecule has 0 aliphatic carbocycles. The van der Waals surface area contributed by atoms with Crippen LogP contribution in [0.4, 0.5) is 18.9 Å². The molecule has 0 unspecified atom stereocenters. The van der Waals surface area contributed by atoms with Crippen molar-refractivity contribution in [2.24, 2.45) is 0 Å². The van der Waals surface area contributed by atoms with Crippen LogP contribution in [-0.4, -0.2) is 6.73 Å². The van der Waals surface area contributed by atoms with Gasteiger partial charge in [0.25, 0.3) is 0 Å². The Morgan fingerprint density at radius 3 is 2.44 bits per heavy atom. The maximum atomic E-state index is 13.6. The molecule has 0 bridgehead atoms. The first-order chi connectivity index (χ1) is 15.3. The first-order valence-corrected chi connectivity index (χ1v) is 10.1. The van der Waals surface area contributed by atoms with E-state index in [-0.39, 0.29) is 24.5 Å². The van der Waals surface area contributed by atoms with E-state index < -0.39 is 17.4 Å². The fourth-order valence-corrected chi connectivity index (χ4v) is 4.27. The van der Waals surface area contributed by atoms with Crippen molar-refractivity contribution in [3.63, 3.8) is 0 Å². The lowest BCUT2D eigenvalue weighted by Crippen LogP contribution is -2.33. The third kappa shape index (κ3) is 3.48. The number of para-hydroxylation sites is 1. The monoisotopic (exact) mass is 457 g/mol. The van der Waals surface area contributed by atoms with E-state index in [9.17, 15) is 18.0 Å². The van der Waals surface area contributed by atoms with Crippen molar-refractivity contribution < 1.29 is 22.3 Å². The van der Waals surface area contributed by atoms with Gasteiger partial charge in [-0.25, -0.2) is 4.79 Å². The summed E-state index contributed by atoms with van der Waals surface area (Å²) in [6.07, 6.45) is -4.53. The predicted molar refractivity (Wildman–Crippen MR) is 116 cm³/mol. The SMILES string of the molecule is O=c1cc(-c2ccccc2)c2cc(Cl)c3c(c2o1)CN(c1ccccc1C(F)(F)F)CO3. The third-order valence-electron chi connectivity index (χ3n) is 5.38. The molecule has 2 heterocycles. The normalized spacial score (nSPS) is 13.7. The van der Waals surface area contributed by atoms with Gasteiger partial charge in [-0.2, -0.15) is 13.2 Å². The van der Waals surface area contributed by atoms with Gasteiger partial charge in [-0.1, -0.05) is 54.1 Å². The molecule has 1 aromatic heterocycles. The summed E-state index contributed by atoms with van der Waals surface area (Å²) in [5.74, 6) is 0.299. The average molecular weight is 458 g/mol. The van der Waals surface area contributed by atoms with Gasteiger partial charge >= 0.3 is 11.8 Å². The highest BCUT2D eigenvalue weighted by Crippen LogP contribution is 2.44. The fourth-order valence-electron chi connectivity index (χ4n) is 3.99. The number of benzene rings is 3. The summed E-state index contributed by atoms with van der Waals surface area (Å²) in [6.45, 7) is -0.103. The van der Waals surface area contributed by atoms with Gasteiger partial charge in [-0.05, 0) is 29.3 Å². The van der Waals surface area contributed by atoms with Crippen molar-refractivity contribution in [3.05, 3.63) is 93.3 Å². The van der Waals surface area contributed by atoms with Gasteiger partial charge in [-0.15, -0.1) is 0 Å². The number of anilines is 1. The minimum Gasteiger partial charge on any atom is -0.471 e. The van der Waals surface area contributed by atoms with E-state index in [0.29, 0.717) is 27.3 Å². The molecular weight excluding hydrogens is 443 g/mol. The maximum Gasteiger partial charge on any atom is 0.418 e. The van der Waals surface area contributed by atoms with Gasteiger partial charge in [0.15, 0.2) is 6.73 Å². The van der Waals surface area contributed by atoms with E-state index in [0.717, 1.165) is 11.6 Å². The van der Waals surface area contributed by atoms with Gasteiger partial charge in [0.2, 0.25) is 0 Å². The van der Waals surface area contributed by atoms with Crippen LogP contribution >= 0.6 is 11.6 Å². The van der Waals surface area contributed by atoms with E-state index in [1.807, 2.05) is 30.3 Å². The van der Waals surface area contributed by atoms with E-state index in [4.69, 9.17) is 20.8 Å². The molecule has 5 rings (SSSR count). The summed E-state index contributed by atoms with van der Waals surface area (Å²) in [5, 5.41) is 0.872. The van der Waals surface area contributed by atoms with Crippen LogP contribution in [0.15, 0.2) is 75.9 Å². The quantitative estimate of drug-likeness (QED) is 0.323. The molecule has 0 saturated heterocycles. The number of fused-ring (bicyclic) bond motifs is 3. The number of nitrogens with zero attached hydrogens (tertiary/aromatic N) is 1. The van der Waals surface area contributed by atoms with Crippen LogP contribution in [0, 0.1) is 0 Å². The molecule has 4 aromatic rings. The molecular formula is C24H15ClF3NO3. The molecule has 0 amide bonds. The van der Waals surface area contributed by atoms with E-state index in [1.54, 1.807) is 6.07 Å². The van der Waals surface area contributed by atoms with Gasteiger partial charge in [0.05, 0.1) is 28.4 Å². The molecule has 3 aromatic carbocycles. The van der Waals surface area contributed by atoms with Crippen molar-refractivity contribution in [1.82, 2.24) is 0 Å². The van der Waals surface area contributed by atoms with Crippen molar-refractivity contribution in [2.45, 2.75) is 12.7 Å². The number of rotatable bonds is 2. The Hall–Kier alpha value is -3.45. The van der Waals surface area contributed by atoms with Gasteiger partial charge in [0.1, 0.15) is 11.3 Å². The zero-order chi connectivity index (χ0) is 22.5. The number of halogens is 4. The molecule has 162 valence electrons. The van der Waals surface area contributed by atoms with Crippen LogP contribution < -0.4 is 15.3 Å². The molecule has 0 radical (unpaired) electrons. The minimum atomic E-state index is -4.53. The zero-order valence-electron chi connectivity index (χ0n) is 16.4. The van der Waals surface area contributed by atoms with Crippen molar-refractivity contribution in [1.29, 1.82) is 0 Å². The van der Waals surface area contributed by atoms with Crippen LogP contribution in [0.5, 0.6) is 5.75 Å². The largest absolute Gasteiger partial charge is 0.471 e. The zero-order valence-corrected chi connectivity index (χ0v) is 17.2. The van der Waals surface area contributed by atoms with Crippen molar-refractivity contribution in [2.75, 3.05) is 11.6 Å². The summed E-state index contributed by atoms with van der Waals surface area (Å²) in [6, 6.07) is 17.5. The Morgan fingerprint density at radius 1 is 0.969 bits per heavy atom. The van der Waals surface area contributed by atoms with Gasteiger partial charge < -0.3 is 14.1 Å². The molecule has 4 nitrogen and oxygen atoms in total. The second kappa shape index (κ2) is 7.60. The number of hydrogen-bond acceptors (Lipinski definition) is 4. The maximum absolute atomic E-state index is 13.6. The molecule has 1 aliphatic rings. The molecule has 32 heavy (non-hydrogen) atoms. The molecule has 0 atom stereocenters. The van der Waals surface area contributed by atoms with Gasteiger partial charge in [0, 0.05) is 11.5 Å². The van der Waals surface area contributed by atoms with Crippen LogP contribution in [0.2, 0.25) is 5.02 Å². The predicted octanol–water partition coefficient (Wildman–Crippen LogP) is 6.49. The summed E-state index contributed by atoms with van der Waals surface area (Å²) < 4.78 is 51.9. The lowest BCUT2D eigenvalue weighted by molar-refractivity contribution is -0.137. The lowest BCUT2D eigenvalue weighted by Gasteiger charge is -2.33. The minimum absolute atomic E-state index is 0.0275. The Bertz CT molecular complexity index is 1380. The third-order valence-corrected chi connectivity index (χ3v) is 5.67. The van der Waals surface area contributed by atoms with Crippen LogP contribution in [0.3, 0.4) is 0 Å².